The Morgan fingerprint density at radius 2 is 1.86 bits per heavy atom. The molecule has 1 heterocycles. The Balaban J connectivity index is 2.03. The molecule has 1 aromatic carbocycles. The lowest BCUT2D eigenvalue weighted by Crippen LogP contribution is -2.23. The van der Waals surface area contributed by atoms with E-state index in [9.17, 15) is 0 Å². The minimum atomic E-state index is 0.313. The third kappa shape index (κ3) is 4.61. The first-order chi connectivity index (χ1) is 10.1. The van der Waals surface area contributed by atoms with Crippen LogP contribution >= 0.6 is 11.8 Å². The van der Waals surface area contributed by atoms with E-state index in [0.717, 1.165) is 23.2 Å². The Bertz CT molecular complexity index is 548. The molecule has 114 valence electrons. The highest BCUT2D eigenvalue weighted by atomic mass is 32.2. The molecule has 0 fully saturated rings. The molecule has 0 radical (unpaired) electrons. The molecule has 0 aliphatic carbocycles. The van der Waals surface area contributed by atoms with Gasteiger partial charge in [0.2, 0.25) is 0 Å². The maximum absolute atomic E-state index is 5.40. The SMILES string of the molecule is CCNC(CSc1nc(C)co1)c1ccc(C(C)C)cc1. The molecule has 2 aromatic rings. The van der Waals surface area contributed by atoms with Gasteiger partial charge in [0.15, 0.2) is 0 Å². The number of nitrogens with one attached hydrogen (secondary N) is 1. The molecule has 3 nitrogen and oxygen atoms in total. The molecule has 0 spiro atoms. The van der Waals surface area contributed by atoms with Gasteiger partial charge in [0, 0.05) is 11.8 Å². The van der Waals surface area contributed by atoms with E-state index in [4.69, 9.17) is 4.42 Å². The van der Waals surface area contributed by atoms with Gasteiger partial charge in [-0.05, 0) is 30.5 Å². The molecule has 0 saturated heterocycles. The number of nitrogens with zero attached hydrogens (tertiary/aromatic N) is 1. The van der Waals surface area contributed by atoms with Crippen molar-refractivity contribution < 1.29 is 4.42 Å². The monoisotopic (exact) mass is 304 g/mol. The van der Waals surface area contributed by atoms with Gasteiger partial charge in [0.25, 0.3) is 5.22 Å². The van der Waals surface area contributed by atoms with Crippen LogP contribution in [0.15, 0.2) is 40.2 Å². The van der Waals surface area contributed by atoms with Gasteiger partial charge in [-0.15, -0.1) is 0 Å². The third-order valence-electron chi connectivity index (χ3n) is 3.43. The van der Waals surface area contributed by atoms with E-state index in [0.29, 0.717) is 12.0 Å². The lowest BCUT2D eigenvalue weighted by molar-refractivity contribution is 0.453. The number of rotatable bonds is 7. The van der Waals surface area contributed by atoms with Crippen LogP contribution in [0.1, 0.15) is 49.6 Å². The van der Waals surface area contributed by atoms with E-state index in [1.165, 1.54) is 11.1 Å². The van der Waals surface area contributed by atoms with Crippen molar-refractivity contribution in [2.75, 3.05) is 12.3 Å². The number of hydrogen-bond acceptors (Lipinski definition) is 4. The second-order valence-electron chi connectivity index (χ2n) is 5.50. The van der Waals surface area contributed by atoms with Gasteiger partial charge in [0.1, 0.15) is 6.26 Å². The number of aromatic nitrogens is 1. The zero-order valence-corrected chi connectivity index (χ0v) is 14.0. The third-order valence-corrected chi connectivity index (χ3v) is 4.36. The summed E-state index contributed by atoms with van der Waals surface area (Å²) in [6, 6.07) is 9.22. The van der Waals surface area contributed by atoms with Crippen LogP contribution in [0.2, 0.25) is 0 Å². The van der Waals surface area contributed by atoms with E-state index < -0.39 is 0 Å². The molecule has 1 atom stereocenters. The molecular formula is C17H24N2OS. The van der Waals surface area contributed by atoms with Crippen LogP contribution < -0.4 is 5.32 Å². The molecule has 0 aliphatic heterocycles. The average molecular weight is 304 g/mol. The Morgan fingerprint density at radius 1 is 1.19 bits per heavy atom. The molecule has 21 heavy (non-hydrogen) atoms. The van der Waals surface area contributed by atoms with Crippen molar-refractivity contribution in [3.63, 3.8) is 0 Å². The van der Waals surface area contributed by atoms with Crippen molar-refractivity contribution in [1.29, 1.82) is 0 Å². The summed E-state index contributed by atoms with van der Waals surface area (Å²) in [4.78, 5) is 4.34. The Morgan fingerprint density at radius 3 is 2.38 bits per heavy atom. The van der Waals surface area contributed by atoms with Crippen LogP contribution in [-0.4, -0.2) is 17.3 Å². The lowest BCUT2D eigenvalue weighted by Gasteiger charge is -2.18. The second-order valence-corrected chi connectivity index (χ2v) is 6.47. The minimum absolute atomic E-state index is 0.313. The topological polar surface area (TPSA) is 38.1 Å². The average Bonchev–Trinajstić information content (AvgIpc) is 2.89. The Hall–Kier alpha value is -1.26. The molecule has 2 rings (SSSR count). The largest absolute Gasteiger partial charge is 0.440 e. The Labute approximate surface area is 131 Å². The van der Waals surface area contributed by atoms with Gasteiger partial charge in [-0.2, -0.15) is 0 Å². The first-order valence-electron chi connectivity index (χ1n) is 7.48. The van der Waals surface area contributed by atoms with Gasteiger partial charge in [-0.3, -0.25) is 0 Å². The highest BCUT2D eigenvalue weighted by Gasteiger charge is 2.13. The van der Waals surface area contributed by atoms with E-state index in [1.807, 2.05) is 6.92 Å². The fourth-order valence-electron chi connectivity index (χ4n) is 2.19. The predicted octanol–water partition coefficient (Wildman–Crippen LogP) is 4.55. The zero-order chi connectivity index (χ0) is 15.2. The van der Waals surface area contributed by atoms with Crippen molar-refractivity contribution in [1.82, 2.24) is 10.3 Å². The van der Waals surface area contributed by atoms with Crippen LogP contribution in [0.3, 0.4) is 0 Å². The highest BCUT2D eigenvalue weighted by Crippen LogP contribution is 2.25. The standard InChI is InChI=1S/C17H24N2OS/c1-5-18-16(11-21-17-19-13(4)10-20-17)15-8-6-14(7-9-15)12(2)3/h6-10,12,16,18H,5,11H2,1-4H3. The van der Waals surface area contributed by atoms with Gasteiger partial charge in [-0.1, -0.05) is 56.8 Å². The van der Waals surface area contributed by atoms with E-state index in [1.54, 1.807) is 18.0 Å². The number of benzene rings is 1. The van der Waals surface area contributed by atoms with Gasteiger partial charge in [0.05, 0.1) is 5.69 Å². The summed E-state index contributed by atoms with van der Waals surface area (Å²) in [5.74, 6) is 1.48. The molecule has 1 unspecified atom stereocenters. The van der Waals surface area contributed by atoms with Crippen molar-refractivity contribution in [3.8, 4) is 0 Å². The molecule has 0 aliphatic rings. The van der Waals surface area contributed by atoms with Crippen molar-refractivity contribution in [2.45, 2.75) is 44.9 Å². The molecule has 0 bridgehead atoms. The fraction of sp³-hybridized carbons (Fsp3) is 0.471. The quantitative estimate of drug-likeness (QED) is 0.762. The van der Waals surface area contributed by atoms with E-state index in [2.05, 4.69) is 55.3 Å². The second kappa shape index (κ2) is 7.66. The van der Waals surface area contributed by atoms with Crippen LogP contribution in [0.25, 0.3) is 0 Å². The molecular weight excluding hydrogens is 280 g/mol. The molecule has 0 saturated carbocycles. The summed E-state index contributed by atoms with van der Waals surface area (Å²) in [6.45, 7) is 9.46. The minimum Gasteiger partial charge on any atom is -0.440 e. The summed E-state index contributed by atoms with van der Waals surface area (Å²) < 4.78 is 5.40. The van der Waals surface area contributed by atoms with Crippen molar-refractivity contribution in [2.24, 2.45) is 0 Å². The van der Waals surface area contributed by atoms with Gasteiger partial charge < -0.3 is 9.73 Å². The fourth-order valence-corrected chi connectivity index (χ4v) is 3.13. The van der Waals surface area contributed by atoms with Crippen LogP contribution in [-0.2, 0) is 0 Å². The summed E-state index contributed by atoms with van der Waals surface area (Å²) in [5, 5.41) is 4.28. The molecule has 1 aromatic heterocycles. The van der Waals surface area contributed by atoms with Crippen LogP contribution in [0, 0.1) is 6.92 Å². The van der Waals surface area contributed by atoms with Gasteiger partial charge >= 0.3 is 0 Å². The first kappa shape index (κ1) is 16.1. The maximum Gasteiger partial charge on any atom is 0.255 e. The smallest absolute Gasteiger partial charge is 0.255 e. The number of oxazole rings is 1. The van der Waals surface area contributed by atoms with Crippen molar-refractivity contribution >= 4 is 11.8 Å². The summed E-state index contributed by atoms with van der Waals surface area (Å²) in [5.41, 5.74) is 3.63. The highest BCUT2D eigenvalue weighted by molar-refractivity contribution is 7.99. The zero-order valence-electron chi connectivity index (χ0n) is 13.2. The summed E-state index contributed by atoms with van der Waals surface area (Å²) in [6.07, 6.45) is 1.70. The Kier molecular flexibility index (Phi) is 5.88. The summed E-state index contributed by atoms with van der Waals surface area (Å²) >= 11 is 1.65. The van der Waals surface area contributed by atoms with Crippen molar-refractivity contribution in [3.05, 3.63) is 47.3 Å². The van der Waals surface area contributed by atoms with Crippen LogP contribution in [0.4, 0.5) is 0 Å². The number of hydrogen-bond donors (Lipinski definition) is 1. The first-order valence-corrected chi connectivity index (χ1v) is 8.47. The number of thioether (sulfide) groups is 1. The number of aryl methyl sites for hydroxylation is 1. The van der Waals surface area contributed by atoms with E-state index in [-0.39, 0.29) is 0 Å². The van der Waals surface area contributed by atoms with Gasteiger partial charge in [-0.25, -0.2) is 4.98 Å². The predicted molar refractivity (Wildman–Crippen MR) is 88.9 cm³/mol. The molecule has 1 N–H and O–H groups in total. The van der Waals surface area contributed by atoms with Crippen LogP contribution in [0.5, 0.6) is 0 Å². The lowest BCUT2D eigenvalue weighted by atomic mass is 9.99. The maximum atomic E-state index is 5.40. The van der Waals surface area contributed by atoms with E-state index >= 15 is 0 Å². The normalized spacial score (nSPS) is 12.8. The summed E-state index contributed by atoms with van der Waals surface area (Å²) in [7, 11) is 0. The molecule has 0 amide bonds. The molecule has 4 heteroatoms.